The molecule has 0 aliphatic heterocycles. The van der Waals surface area contributed by atoms with Gasteiger partial charge in [-0.2, -0.15) is 0 Å². The highest BCUT2D eigenvalue weighted by molar-refractivity contribution is 7.47. The van der Waals surface area contributed by atoms with Crippen molar-refractivity contribution in [3.8, 4) is 0 Å². The molecule has 0 radical (unpaired) electrons. The highest BCUT2D eigenvalue weighted by Gasteiger charge is 2.27. The molecule has 0 aromatic heterocycles. The Bertz CT molecular complexity index is 1180. The van der Waals surface area contributed by atoms with Crippen LogP contribution in [0.2, 0.25) is 0 Å². The normalized spacial score (nSPS) is 14.7. The number of hydrogen-bond acceptors (Lipinski definition) is 5. The molecule has 0 rings (SSSR count). The zero-order chi connectivity index (χ0) is 45.0. The first kappa shape index (κ1) is 59.2. The maximum atomic E-state index is 12.9. The molecule has 0 heterocycles. The lowest BCUT2D eigenvalue weighted by Gasteiger charge is -2.25. The van der Waals surface area contributed by atoms with Crippen molar-refractivity contribution in [2.24, 2.45) is 0 Å². The average molecular weight is 878 g/mol. The maximum absolute atomic E-state index is 12.9. The average Bonchev–Trinajstić information content (AvgIpc) is 3.21. The zero-order valence-electron chi connectivity index (χ0n) is 40.4. The Labute approximate surface area is 377 Å². The lowest BCUT2D eigenvalue weighted by atomic mass is 10.0. The molecule has 9 heteroatoms. The number of rotatable bonds is 45. The number of carbonyl (C=O) groups is 1. The SMILES string of the molecule is CC/C=C\C/C=C\C/C=C\CCCCCC(=O)NC(COP(=O)(O)OCC[N+](C)(C)C)C(O)/C=C/CC/C=C/CCCCCCCCCCCCCCCCCCCCCC. The number of unbranched alkanes of at least 4 members (excludes halogenated alkanes) is 24. The van der Waals surface area contributed by atoms with Gasteiger partial charge in [0.15, 0.2) is 0 Å². The number of allylic oxidation sites excluding steroid dienone is 9. The number of hydrogen-bond donors (Lipinski definition) is 3. The lowest BCUT2D eigenvalue weighted by molar-refractivity contribution is -0.870. The summed E-state index contributed by atoms with van der Waals surface area (Å²) in [5.74, 6) is -0.217. The van der Waals surface area contributed by atoms with Crippen LogP contribution >= 0.6 is 7.82 Å². The third-order valence-corrected chi connectivity index (χ3v) is 12.0. The van der Waals surface area contributed by atoms with Crippen molar-refractivity contribution in [2.45, 2.75) is 225 Å². The molecule has 0 bridgehead atoms. The van der Waals surface area contributed by atoms with E-state index in [0.29, 0.717) is 17.4 Å². The molecule has 0 spiro atoms. The van der Waals surface area contributed by atoms with E-state index in [4.69, 9.17) is 9.05 Å². The van der Waals surface area contributed by atoms with Crippen molar-refractivity contribution in [1.29, 1.82) is 0 Å². The van der Waals surface area contributed by atoms with Crippen molar-refractivity contribution in [3.05, 3.63) is 60.8 Å². The fourth-order valence-corrected chi connectivity index (χ4v) is 7.75. The smallest absolute Gasteiger partial charge is 0.387 e. The molecule has 3 unspecified atom stereocenters. The van der Waals surface area contributed by atoms with Gasteiger partial charge >= 0.3 is 7.82 Å². The molecule has 0 aromatic carbocycles. The van der Waals surface area contributed by atoms with Crippen LogP contribution in [0.25, 0.3) is 0 Å². The van der Waals surface area contributed by atoms with Gasteiger partial charge in [-0.25, -0.2) is 4.57 Å². The first-order valence-electron chi connectivity index (χ1n) is 25.2. The molecule has 1 amide bonds. The summed E-state index contributed by atoms with van der Waals surface area (Å²) in [6.45, 7) is 4.65. The van der Waals surface area contributed by atoms with Crippen molar-refractivity contribution < 1.29 is 32.9 Å². The van der Waals surface area contributed by atoms with E-state index in [0.717, 1.165) is 64.2 Å². The highest BCUT2D eigenvalue weighted by Crippen LogP contribution is 2.43. The van der Waals surface area contributed by atoms with E-state index >= 15 is 0 Å². The zero-order valence-corrected chi connectivity index (χ0v) is 41.3. The van der Waals surface area contributed by atoms with Crippen LogP contribution in [0.4, 0.5) is 0 Å². The van der Waals surface area contributed by atoms with E-state index in [1.807, 2.05) is 27.2 Å². The summed E-state index contributed by atoms with van der Waals surface area (Å²) in [7, 11) is 1.53. The third-order valence-electron chi connectivity index (χ3n) is 11.0. The van der Waals surface area contributed by atoms with Gasteiger partial charge in [-0.1, -0.05) is 203 Å². The van der Waals surface area contributed by atoms with Crippen molar-refractivity contribution >= 4 is 13.7 Å². The second-order valence-electron chi connectivity index (χ2n) is 18.2. The number of aliphatic hydroxyl groups excluding tert-OH is 1. The minimum Gasteiger partial charge on any atom is -0.387 e. The Morgan fingerprint density at radius 1 is 0.574 bits per heavy atom. The van der Waals surface area contributed by atoms with E-state index in [2.05, 4.69) is 67.8 Å². The second-order valence-corrected chi connectivity index (χ2v) is 19.6. The van der Waals surface area contributed by atoms with E-state index in [-0.39, 0.29) is 19.1 Å². The van der Waals surface area contributed by atoms with Crippen LogP contribution in [0.1, 0.15) is 213 Å². The summed E-state index contributed by atoms with van der Waals surface area (Å²) in [5, 5.41) is 13.8. The van der Waals surface area contributed by atoms with E-state index in [1.54, 1.807) is 6.08 Å². The third kappa shape index (κ3) is 46.0. The van der Waals surface area contributed by atoms with Crippen LogP contribution < -0.4 is 5.32 Å². The Hall–Kier alpha value is -1.80. The molecule has 0 saturated carbocycles. The van der Waals surface area contributed by atoms with Gasteiger partial charge < -0.3 is 19.8 Å². The standard InChI is InChI=1S/C52H97N2O6P/c1-6-8-10-12-14-16-18-20-21-22-23-24-25-26-27-28-29-30-31-32-34-35-37-39-41-43-45-51(55)50(49-60-61(57,58)59-48-47-54(3,4)5)53-52(56)46-44-42-40-38-36-33-19-17-15-13-11-9-7-2/h9,11,15,17,33,35-37,43,45,50-51,55H,6-8,10,12-14,16,18-32,34,38-42,44,46-49H2,1-5H3,(H-,53,56,57,58)/p+1/b11-9-,17-15-,36-33-,37-35+,45-43+. The van der Waals surface area contributed by atoms with Crippen LogP contribution in [0.5, 0.6) is 0 Å². The summed E-state index contributed by atoms with van der Waals surface area (Å²) in [5.41, 5.74) is 0. The Kier molecular flexibility index (Phi) is 42.2. The topological polar surface area (TPSA) is 105 Å². The molecule has 0 fully saturated rings. The molecule has 8 nitrogen and oxygen atoms in total. The predicted octanol–water partition coefficient (Wildman–Crippen LogP) is 14.6. The number of aliphatic hydroxyl groups is 1. The Balaban J connectivity index is 4.30. The number of nitrogens with one attached hydrogen (secondary N) is 1. The quantitative estimate of drug-likeness (QED) is 0.0244. The van der Waals surface area contributed by atoms with Crippen LogP contribution in [-0.4, -0.2) is 73.4 Å². The molecular formula is C52H98N2O6P+. The summed E-state index contributed by atoms with van der Waals surface area (Å²) < 4.78 is 23.6. The first-order valence-corrected chi connectivity index (χ1v) is 26.7. The van der Waals surface area contributed by atoms with Gasteiger partial charge in [0.1, 0.15) is 13.2 Å². The molecule has 356 valence electrons. The highest BCUT2D eigenvalue weighted by atomic mass is 31.2. The number of nitrogens with zero attached hydrogens (tertiary/aromatic N) is 1. The van der Waals surface area contributed by atoms with E-state index < -0.39 is 20.0 Å². The monoisotopic (exact) mass is 878 g/mol. The fraction of sp³-hybridized carbons (Fsp3) is 0.788. The number of carbonyl (C=O) groups excluding carboxylic acids is 1. The molecule has 61 heavy (non-hydrogen) atoms. The van der Waals surface area contributed by atoms with Gasteiger partial charge in [0.05, 0.1) is 39.9 Å². The second kappa shape index (κ2) is 43.5. The van der Waals surface area contributed by atoms with E-state index in [9.17, 15) is 19.4 Å². The van der Waals surface area contributed by atoms with Gasteiger partial charge in [-0.05, 0) is 64.2 Å². The van der Waals surface area contributed by atoms with Gasteiger partial charge in [-0.15, -0.1) is 0 Å². The number of phosphoric ester groups is 1. The minimum atomic E-state index is -4.36. The Morgan fingerprint density at radius 2 is 1.00 bits per heavy atom. The molecule has 3 N–H and O–H groups in total. The van der Waals surface area contributed by atoms with Crippen LogP contribution in [0.15, 0.2) is 60.8 Å². The maximum Gasteiger partial charge on any atom is 0.472 e. The minimum absolute atomic E-state index is 0.0480. The summed E-state index contributed by atoms with van der Waals surface area (Å²) in [6, 6.07) is -0.880. The number of phosphoric acid groups is 1. The van der Waals surface area contributed by atoms with Gasteiger partial charge in [0.2, 0.25) is 5.91 Å². The van der Waals surface area contributed by atoms with Gasteiger partial charge in [0, 0.05) is 6.42 Å². The van der Waals surface area contributed by atoms with Crippen LogP contribution in [-0.2, 0) is 18.4 Å². The molecular weight excluding hydrogens is 780 g/mol. The predicted molar refractivity (Wildman–Crippen MR) is 263 cm³/mol. The largest absolute Gasteiger partial charge is 0.472 e. The van der Waals surface area contributed by atoms with E-state index in [1.165, 1.54) is 128 Å². The van der Waals surface area contributed by atoms with Crippen molar-refractivity contribution in [1.82, 2.24) is 5.32 Å². The van der Waals surface area contributed by atoms with Crippen molar-refractivity contribution in [3.63, 3.8) is 0 Å². The van der Waals surface area contributed by atoms with Crippen molar-refractivity contribution in [2.75, 3.05) is 40.9 Å². The number of likely N-dealkylation sites (N-methyl/N-ethyl adjacent to an activating group) is 1. The number of quaternary nitrogens is 1. The fourth-order valence-electron chi connectivity index (χ4n) is 7.01. The van der Waals surface area contributed by atoms with Crippen LogP contribution in [0, 0.1) is 0 Å². The summed E-state index contributed by atoms with van der Waals surface area (Å²) in [6.07, 6.45) is 57.6. The molecule has 3 atom stereocenters. The lowest BCUT2D eigenvalue weighted by Crippen LogP contribution is -2.45. The molecule has 0 aliphatic rings. The molecule has 0 aromatic rings. The molecule has 0 saturated heterocycles. The first-order chi connectivity index (χ1) is 29.5. The number of amides is 1. The van der Waals surface area contributed by atoms with Crippen LogP contribution in [0.3, 0.4) is 0 Å². The molecule has 0 aliphatic carbocycles. The summed E-state index contributed by atoms with van der Waals surface area (Å²) in [4.78, 5) is 23.1. The Morgan fingerprint density at radius 3 is 1.51 bits per heavy atom. The summed E-state index contributed by atoms with van der Waals surface area (Å²) >= 11 is 0. The van der Waals surface area contributed by atoms with Gasteiger partial charge in [-0.3, -0.25) is 13.8 Å². The van der Waals surface area contributed by atoms with Gasteiger partial charge in [0.25, 0.3) is 0 Å².